The van der Waals surface area contributed by atoms with Crippen LogP contribution in [0.3, 0.4) is 0 Å². The summed E-state index contributed by atoms with van der Waals surface area (Å²) in [6, 6.07) is 15.6. The summed E-state index contributed by atoms with van der Waals surface area (Å²) in [6.07, 6.45) is 1.52. The van der Waals surface area contributed by atoms with Gasteiger partial charge in [0.1, 0.15) is 11.6 Å². The fourth-order valence-corrected chi connectivity index (χ4v) is 4.90. The first kappa shape index (κ1) is 29.5. The molecule has 1 aliphatic heterocycles. The van der Waals surface area contributed by atoms with E-state index in [1.54, 1.807) is 18.2 Å². The molecule has 4 amide bonds. The lowest BCUT2D eigenvalue weighted by Gasteiger charge is -2.27. The monoisotopic (exact) mass is 560 g/mol. The number of rotatable bonds is 12. The lowest BCUT2D eigenvalue weighted by molar-refractivity contribution is -0.141. The van der Waals surface area contributed by atoms with Crippen LogP contribution in [0.4, 0.5) is 0 Å². The van der Waals surface area contributed by atoms with Crippen LogP contribution < -0.4 is 21.3 Å². The topological polar surface area (TPSA) is 147 Å². The summed E-state index contributed by atoms with van der Waals surface area (Å²) >= 11 is 0. The van der Waals surface area contributed by atoms with E-state index in [0.717, 1.165) is 17.4 Å². The maximum Gasteiger partial charge on any atom is 0.289 e. The van der Waals surface area contributed by atoms with E-state index in [1.807, 2.05) is 56.3 Å². The van der Waals surface area contributed by atoms with Gasteiger partial charge in [-0.1, -0.05) is 62.4 Å². The number of piperidine rings is 1. The number of hydrogen-bond donors (Lipinski definition) is 4. The first-order valence-electron chi connectivity index (χ1n) is 13.9. The van der Waals surface area contributed by atoms with Crippen molar-refractivity contribution in [1.82, 2.24) is 21.3 Å². The van der Waals surface area contributed by atoms with Crippen molar-refractivity contribution in [2.45, 2.75) is 58.2 Å². The molecule has 10 nitrogen and oxygen atoms in total. The zero-order valence-corrected chi connectivity index (χ0v) is 23.3. The fourth-order valence-electron chi connectivity index (χ4n) is 4.90. The number of hydrogen-bond acceptors (Lipinski definition) is 6. The molecule has 0 spiro atoms. The number of ketones is 1. The average Bonchev–Trinajstić information content (AvgIpc) is 3.41. The Labute approximate surface area is 238 Å². The van der Waals surface area contributed by atoms with E-state index in [1.165, 1.54) is 0 Å². The Morgan fingerprint density at radius 1 is 0.976 bits per heavy atom. The van der Waals surface area contributed by atoms with Crippen molar-refractivity contribution in [2.75, 3.05) is 6.54 Å². The van der Waals surface area contributed by atoms with Crippen molar-refractivity contribution < 1.29 is 28.4 Å². The largest absolute Gasteiger partial charge is 0.451 e. The molecule has 2 heterocycles. The van der Waals surface area contributed by atoms with E-state index >= 15 is 0 Å². The Balaban J connectivity index is 1.49. The Morgan fingerprint density at radius 2 is 1.71 bits per heavy atom. The molecule has 0 bridgehead atoms. The van der Waals surface area contributed by atoms with Gasteiger partial charge in [-0.3, -0.25) is 24.0 Å². The second-order valence-corrected chi connectivity index (χ2v) is 10.8. The summed E-state index contributed by atoms with van der Waals surface area (Å²) in [5, 5.41) is 11.5. The Kier molecular flexibility index (Phi) is 9.89. The van der Waals surface area contributed by atoms with E-state index < -0.39 is 41.5 Å². The minimum absolute atomic E-state index is 0.0224. The number of benzene rings is 2. The van der Waals surface area contributed by atoms with Gasteiger partial charge in [-0.05, 0) is 49.3 Å². The molecule has 3 aromatic rings. The molecule has 1 aliphatic rings. The van der Waals surface area contributed by atoms with Crippen molar-refractivity contribution in [3.63, 3.8) is 0 Å². The Morgan fingerprint density at radius 3 is 2.41 bits per heavy atom. The Bertz CT molecular complexity index is 1370. The number of para-hydroxylation sites is 1. The maximum absolute atomic E-state index is 13.5. The molecule has 0 unspecified atom stereocenters. The lowest BCUT2D eigenvalue weighted by Crippen LogP contribution is -2.55. The summed E-state index contributed by atoms with van der Waals surface area (Å²) in [7, 11) is 0. The highest BCUT2D eigenvalue weighted by Crippen LogP contribution is 2.20. The van der Waals surface area contributed by atoms with Crippen molar-refractivity contribution in [3.05, 3.63) is 72.0 Å². The van der Waals surface area contributed by atoms with E-state index in [4.69, 9.17) is 4.42 Å². The predicted octanol–water partition coefficient (Wildman–Crippen LogP) is 2.86. The van der Waals surface area contributed by atoms with E-state index in [2.05, 4.69) is 21.3 Å². The number of carbonyl (C=O) groups is 5. The van der Waals surface area contributed by atoms with Crippen LogP contribution in [0.2, 0.25) is 0 Å². The van der Waals surface area contributed by atoms with Crippen molar-refractivity contribution >= 4 is 40.4 Å². The summed E-state index contributed by atoms with van der Waals surface area (Å²) in [4.78, 5) is 65.2. The highest BCUT2D eigenvalue weighted by Gasteiger charge is 2.35. The van der Waals surface area contributed by atoms with Gasteiger partial charge in [-0.15, -0.1) is 0 Å². The number of carbonyl (C=O) groups excluding carboxylic acids is 5. The molecular formula is C31H36N4O6. The van der Waals surface area contributed by atoms with Gasteiger partial charge in [-0.2, -0.15) is 0 Å². The van der Waals surface area contributed by atoms with Gasteiger partial charge in [0.25, 0.3) is 11.8 Å². The van der Waals surface area contributed by atoms with Crippen molar-refractivity contribution in [2.24, 2.45) is 11.8 Å². The van der Waals surface area contributed by atoms with E-state index in [9.17, 15) is 24.0 Å². The SMILES string of the molecule is CC(C)C[C@H](NC(=O)c1cc2ccccc2o1)C(=O)N[C@@H](C[C@@H]1CCCNC1=O)C(=O)C(=O)NCc1ccccc1. The molecule has 1 aromatic heterocycles. The number of amides is 4. The van der Waals surface area contributed by atoms with Crippen LogP contribution in [-0.4, -0.2) is 48.0 Å². The highest BCUT2D eigenvalue weighted by molar-refractivity contribution is 6.38. The standard InChI is InChI=1S/C31H36N4O6/c1-19(2)15-24(35-30(39)26-17-21-11-6-7-13-25(21)41-26)29(38)34-23(16-22-12-8-14-32-28(22)37)27(36)31(40)33-18-20-9-4-3-5-10-20/h3-7,9-11,13,17,19,22-24H,8,12,14-16,18H2,1-2H3,(H,32,37)(H,33,40)(H,34,38)(H,35,39)/t22-,23-,24-/m0/s1. The number of furan rings is 1. The molecule has 216 valence electrons. The first-order valence-corrected chi connectivity index (χ1v) is 13.9. The Hall–Kier alpha value is -4.47. The fraction of sp³-hybridized carbons (Fsp3) is 0.387. The molecule has 4 rings (SSSR count). The molecule has 2 aromatic carbocycles. The second-order valence-electron chi connectivity index (χ2n) is 10.8. The normalized spacial score (nSPS) is 16.5. The molecule has 1 fully saturated rings. The number of fused-ring (bicyclic) bond motifs is 1. The zero-order chi connectivity index (χ0) is 29.4. The van der Waals surface area contributed by atoms with Gasteiger partial charge < -0.3 is 25.7 Å². The average molecular weight is 561 g/mol. The van der Waals surface area contributed by atoms with E-state index in [-0.39, 0.29) is 37.0 Å². The molecule has 3 atom stereocenters. The van der Waals surface area contributed by atoms with Gasteiger partial charge in [-0.25, -0.2) is 0 Å². The number of Topliss-reactive ketones (excluding diaryl/α,β-unsaturated/α-hetero) is 1. The molecular weight excluding hydrogens is 524 g/mol. The first-order chi connectivity index (χ1) is 19.7. The smallest absolute Gasteiger partial charge is 0.289 e. The van der Waals surface area contributed by atoms with Gasteiger partial charge >= 0.3 is 0 Å². The summed E-state index contributed by atoms with van der Waals surface area (Å²) in [6.45, 7) is 4.49. The van der Waals surface area contributed by atoms with Crippen molar-refractivity contribution in [3.8, 4) is 0 Å². The predicted molar refractivity (Wildman–Crippen MR) is 153 cm³/mol. The van der Waals surface area contributed by atoms with Crippen LogP contribution in [0.25, 0.3) is 11.0 Å². The second kappa shape index (κ2) is 13.7. The van der Waals surface area contributed by atoms with Crippen LogP contribution in [0.1, 0.15) is 55.6 Å². The summed E-state index contributed by atoms with van der Waals surface area (Å²) in [5.41, 5.74) is 1.35. The maximum atomic E-state index is 13.5. The molecule has 1 saturated heterocycles. The molecule has 0 aliphatic carbocycles. The molecule has 10 heteroatoms. The van der Waals surface area contributed by atoms with Crippen LogP contribution in [-0.2, 0) is 25.7 Å². The van der Waals surface area contributed by atoms with Crippen LogP contribution in [0.15, 0.2) is 65.1 Å². The minimum Gasteiger partial charge on any atom is -0.451 e. The van der Waals surface area contributed by atoms with Crippen LogP contribution >= 0.6 is 0 Å². The molecule has 41 heavy (non-hydrogen) atoms. The van der Waals surface area contributed by atoms with Gasteiger partial charge in [0, 0.05) is 24.4 Å². The van der Waals surface area contributed by atoms with Crippen molar-refractivity contribution in [1.29, 1.82) is 0 Å². The molecule has 4 N–H and O–H groups in total. The summed E-state index contributed by atoms with van der Waals surface area (Å²) < 4.78 is 5.65. The third-order valence-electron chi connectivity index (χ3n) is 7.05. The summed E-state index contributed by atoms with van der Waals surface area (Å²) in [5.74, 6) is -3.57. The third kappa shape index (κ3) is 8.03. The minimum atomic E-state index is -1.25. The zero-order valence-electron chi connectivity index (χ0n) is 23.3. The van der Waals surface area contributed by atoms with Gasteiger partial charge in [0.05, 0.1) is 6.04 Å². The third-order valence-corrected chi connectivity index (χ3v) is 7.05. The van der Waals surface area contributed by atoms with E-state index in [0.29, 0.717) is 18.5 Å². The van der Waals surface area contributed by atoms with Crippen LogP contribution in [0.5, 0.6) is 0 Å². The molecule has 0 radical (unpaired) electrons. The number of nitrogens with one attached hydrogen (secondary N) is 4. The van der Waals surface area contributed by atoms with Gasteiger partial charge in [0.2, 0.25) is 17.6 Å². The quantitative estimate of drug-likeness (QED) is 0.251. The van der Waals surface area contributed by atoms with Gasteiger partial charge in [0.15, 0.2) is 5.76 Å². The lowest BCUT2D eigenvalue weighted by atomic mass is 9.89. The molecule has 0 saturated carbocycles. The van der Waals surface area contributed by atoms with Crippen LogP contribution in [0, 0.1) is 11.8 Å². The highest BCUT2D eigenvalue weighted by atomic mass is 16.3.